The number of rotatable bonds is 4. The summed E-state index contributed by atoms with van der Waals surface area (Å²) in [5.74, 6) is -1.82. The van der Waals surface area contributed by atoms with E-state index in [1.54, 1.807) is 18.2 Å². The number of benzene rings is 2. The average molecular weight is 322 g/mol. The molecule has 6 heteroatoms. The smallest absolute Gasteiger partial charge is 0.340 e. The Kier molecular flexibility index (Phi) is 5.12. The molecular weight excluding hydrogens is 309 g/mol. The fraction of sp³-hybridized carbons (Fsp3) is 0.125. The van der Waals surface area contributed by atoms with Crippen molar-refractivity contribution in [3.8, 4) is 0 Å². The van der Waals surface area contributed by atoms with E-state index in [2.05, 4.69) is 5.32 Å². The van der Waals surface area contributed by atoms with Gasteiger partial charge < -0.3 is 10.1 Å². The largest absolute Gasteiger partial charge is 0.452 e. The standard InChI is InChI=1S/C16H13ClFNO3/c1-10-3-2-4-12(7-10)19-15(20)9-22-16(21)13-6-5-11(18)8-14(13)17/h2-8H,9H2,1H3,(H,19,20). The molecule has 0 unspecified atom stereocenters. The minimum absolute atomic E-state index is 0.00595. The van der Waals surface area contributed by atoms with Crippen LogP contribution in [0, 0.1) is 12.7 Å². The molecule has 0 atom stereocenters. The highest BCUT2D eigenvalue weighted by Crippen LogP contribution is 2.18. The van der Waals surface area contributed by atoms with E-state index in [0.717, 1.165) is 17.7 Å². The molecule has 0 saturated heterocycles. The maximum Gasteiger partial charge on any atom is 0.340 e. The molecule has 0 aromatic heterocycles. The monoisotopic (exact) mass is 321 g/mol. The fourth-order valence-electron chi connectivity index (χ4n) is 1.78. The summed E-state index contributed by atoms with van der Waals surface area (Å²) in [6.07, 6.45) is 0. The molecule has 0 aliphatic carbocycles. The number of hydrogen-bond donors (Lipinski definition) is 1. The van der Waals surface area contributed by atoms with Crippen LogP contribution in [0.4, 0.5) is 10.1 Å². The SMILES string of the molecule is Cc1cccc(NC(=O)COC(=O)c2ccc(F)cc2Cl)c1. The highest BCUT2D eigenvalue weighted by Gasteiger charge is 2.14. The van der Waals surface area contributed by atoms with Gasteiger partial charge in [-0.2, -0.15) is 0 Å². The zero-order valence-corrected chi connectivity index (χ0v) is 12.5. The molecule has 114 valence electrons. The molecule has 1 N–H and O–H groups in total. The highest BCUT2D eigenvalue weighted by molar-refractivity contribution is 6.33. The normalized spacial score (nSPS) is 10.1. The van der Waals surface area contributed by atoms with Gasteiger partial charge in [0.25, 0.3) is 5.91 Å². The zero-order valence-electron chi connectivity index (χ0n) is 11.7. The van der Waals surface area contributed by atoms with E-state index in [1.807, 2.05) is 13.0 Å². The van der Waals surface area contributed by atoms with Gasteiger partial charge in [0.15, 0.2) is 6.61 Å². The van der Waals surface area contributed by atoms with Crippen LogP contribution in [0.5, 0.6) is 0 Å². The van der Waals surface area contributed by atoms with Gasteiger partial charge in [-0.25, -0.2) is 9.18 Å². The fourth-order valence-corrected chi connectivity index (χ4v) is 2.03. The number of carbonyl (C=O) groups is 2. The minimum atomic E-state index is -0.788. The van der Waals surface area contributed by atoms with Gasteiger partial charge in [0.2, 0.25) is 0 Å². The zero-order chi connectivity index (χ0) is 16.1. The third-order valence-corrected chi connectivity index (χ3v) is 3.10. The summed E-state index contributed by atoms with van der Waals surface area (Å²) in [6.45, 7) is 1.44. The van der Waals surface area contributed by atoms with Crippen LogP contribution in [0.2, 0.25) is 5.02 Å². The number of anilines is 1. The molecule has 22 heavy (non-hydrogen) atoms. The van der Waals surface area contributed by atoms with Crippen molar-refractivity contribution in [2.45, 2.75) is 6.92 Å². The Morgan fingerprint density at radius 3 is 2.68 bits per heavy atom. The molecule has 0 fully saturated rings. The van der Waals surface area contributed by atoms with Crippen LogP contribution in [0.25, 0.3) is 0 Å². The molecule has 0 spiro atoms. The number of ether oxygens (including phenoxy) is 1. The maximum absolute atomic E-state index is 12.9. The second-order valence-corrected chi connectivity index (χ2v) is 5.03. The summed E-state index contributed by atoms with van der Waals surface area (Å²) in [4.78, 5) is 23.5. The van der Waals surface area contributed by atoms with E-state index in [0.29, 0.717) is 5.69 Å². The van der Waals surface area contributed by atoms with Crippen molar-refractivity contribution < 1.29 is 18.7 Å². The topological polar surface area (TPSA) is 55.4 Å². The maximum atomic E-state index is 12.9. The van der Waals surface area contributed by atoms with Crippen molar-refractivity contribution in [2.24, 2.45) is 0 Å². The van der Waals surface area contributed by atoms with Crippen LogP contribution in [0.1, 0.15) is 15.9 Å². The number of hydrogen-bond acceptors (Lipinski definition) is 3. The van der Waals surface area contributed by atoms with Crippen LogP contribution in [-0.4, -0.2) is 18.5 Å². The summed E-state index contributed by atoms with van der Waals surface area (Å²) in [6, 6.07) is 10.5. The Bertz CT molecular complexity index is 718. The van der Waals surface area contributed by atoms with Gasteiger partial charge in [-0.3, -0.25) is 4.79 Å². The number of halogens is 2. The first-order valence-electron chi connectivity index (χ1n) is 6.44. The Labute approximate surface area is 131 Å². The van der Waals surface area contributed by atoms with Crippen molar-refractivity contribution in [1.29, 1.82) is 0 Å². The van der Waals surface area contributed by atoms with Gasteiger partial charge in [0.05, 0.1) is 10.6 Å². The predicted molar refractivity (Wildman–Crippen MR) is 81.5 cm³/mol. The molecule has 4 nitrogen and oxygen atoms in total. The molecule has 2 aromatic rings. The van der Waals surface area contributed by atoms with E-state index in [1.165, 1.54) is 6.07 Å². The second kappa shape index (κ2) is 7.04. The van der Waals surface area contributed by atoms with Gasteiger partial charge in [-0.15, -0.1) is 0 Å². The van der Waals surface area contributed by atoms with Crippen LogP contribution in [0.3, 0.4) is 0 Å². The first kappa shape index (κ1) is 16.0. The Balaban J connectivity index is 1.92. The van der Waals surface area contributed by atoms with Gasteiger partial charge in [-0.1, -0.05) is 23.7 Å². The van der Waals surface area contributed by atoms with Crippen molar-refractivity contribution in [2.75, 3.05) is 11.9 Å². The summed E-state index contributed by atoms with van der Waals surface area (Å²) in [5.41, 5.74) is 1.61. The van der Waals surface area contributed by atoms with E-state index in [9.17, 15) is 14.0 Å². The quantitative estimate of drug-likeness (QED) is 0.876. The summed E-state index contributed by atoms with van der Waals surface area (Å²) in [5, 5.41) is 2.54. The first-order valence-corrected chi connectivity index (χ1v) is 6.82. The second-order valence-electron chi connectivity index (χ2n) is 4.62. The van der Waals surface area contributed by atoms with Crippen LogP contribution in [0.15, 0.2) is 42.5 Å². The number of esters is 1. The molecule has 0 aliphatic rings. The lowest BCUT2D eigenvalue weighted by molar-refractivity contribution is -0.119. The summed E-state index contributed by atoms with van der Waals surface area (Å²) in [7, 11) is 0. The van der Waals surface area contributed by atoms with E-state index in [4.69, 9.17) is 16.3 Å². The third-order valence-electron chi connectivity index (χ3n) is 2.79. The molecule has 0 heterocycles. The Morgan fingerprint density at radius 2 is 2.00 bits per heavy atom. The lowest BCUT2D eigenvalue weighted by Crippen LogP contribution is -2.21. The Hall–Kier alpha value is -2.40. The number of aryl methyl sites for hydroxylation is 1. The van der Waals surface area contributed by atoms with Gasteiger partial charge in [-0.05, 0) is 42.8 Å². The first-order chi connectivity index (χ1) is 10.5. The summed E-state index contributed by atoms with van der Waals surface area (Å²) < 4.78 is 17.8. The van der Waals surface area contributed by atoms with Crippen molar-refractivity contribution in [3.63, 3.8) is 0 Å². The Morgan fingerprint density at radius 1 is 1.23 bits per heavy atom. The molecule has 0 saturated carbocycles. The van der Waals surface area contributed by atoms with Gasteiger partial charge >= 0.3 is 5.97 Å². The van der Waals surface area contributed by atoms with Crippen molar-refractivity contribution in [3.05, 3.63) is 64.4 Å². The summed E-state index contributed by atoms with van der Waals surface area (Å²) >= 11 is 5.75. The molecule has 0 radical (unpaired) electrons. The number of carbonyl (C=O) groups excluding carboxylic acids is 2. The van der Waals surface area contributed by atoms with Crippen molar-refractivity contribution >= 4 is 29.2 Å². The lowest BCUT2D eigenvalue weighted by Gasteiger charge is -2.08. The minimum Gasteiger partial charge on any atom is -0.452 e. The van der Waals surface area contributed by atoms with E-state index < -0.39 is 24.3 Å². The molecule has 0 bridgehead atoms. The lowest BCUT2D eigenvalue weighted by atomic mass is 10.2. The van der Waals surface area contributed by atoms with Gasteiger partial charge in [0, 0.05) is 5.69 Å². The molecule has 2 aromatic carbocycles. The third kappa shape index (κ3) is 4.30. The van der Waals surface area contributed by atoms with Crippen molar-refractivity contribution in [1.82, 2.24) is 0 Å². The predicted octanol–water partition coefficient (Wildman–Crippen LogP) is 3.58. The van der Waals surface area contributed by atoms with Crippen LogP contribution in [-0.2, 0) is 9.53 Å². The average Bonchev–Trinajstić information content (AvgIpc) is 2.45. The highest BCUT2D eigenvalue weighted by atomic mass is 35.5. The number of amides is 1. The molecule has 0 aliphatic heterocycles. The van der Waals surface area contributed by atoms with E-state index >= 15 is 0 Å². The van der Waals surface area contributed by atoms with Crippen LogP contribution < -0.4 is 5.32 Å². The molecular formula is C16H13ClFNO3. The van der Waals surface area contributed by atoms with E-state index in [-0.39, 0.29) is 10.6 Å². The molecule has 1 amide bonds. The van der Waals surface area contributed by atoms with Crippen LogP contribution >= 0.6 is 11.6 Å². The molecule has 2 rings (SSSR count). The van der Waals surface area contributed by atoms with Gasteiger partial charge in [0.1, 0.15) is 5.82 Å². The number of nitrogens with one attached hydrogen (secondary N) is 1.